The Morgan fingerprint density at radius 2 is 2.05 bits per heavy atom. The van der Waals surface area contributed by atoms with Crippen LogP contribution in [0.1, 0.15) is 46.3 Å². The molecule has 0 amide bonds. The highest BCUT2D eigenvalue weighted by Crippen LogP contribution is 2.48. The number of halogens is 1. The van der Waals surface area contributed by atoms with Crippen LogP contribution >= 0.6 is 32.1 Å². The summed E-state index contributed by atoms with van der Waals surface area (Å²) in [7, 11) is -1.67. The van der Waals surface area contributed by atoms with E-state index >= 15 is 0 Å². The Labute approximate surface area is 250 Å². The average Bonchev–Trinajstić information content (AvgIpc) is 3.48. The first-order valence-electron chi connectivity index (χ1n) is 13.7. The lowest BCUT2D eigenvalue weighted by molar-refractivity contribution is -0.146. The van der Waals surface area contributed by atoms with E-state index in [1.54, 1.807) is 37.5 Å². The molecule has 2 aliphatic rings. The maximum absolute atomic E-state index is 12.6. The van der Waals surface area contributed by atoms with Gasteiger partial charge in [0.05, 0.1) is 24.7 Å². The molecule has 1 aliphatic heterocycles. The molecule has 2 N–H and O–H groups in total. The molecule has 1 saturated heterocycles. The van der Waals surface area contributed by atoms with Crippen LogP contribution in [0.25, 0.3) is 11.0 Å². The molecular weight excluding hydrogens is 587 g/mol. The minimum atomic E-state index is -1.67. The quantitative estimate of drug-likeness (QED) is 0.101. The van der Waals surface area contributed by atoms with Crippen LogP contribution in [0, 0.1) is 5.92 Å². The number of ether oxygens (including phenoxy) is 2. The van der Waals surface area contributed by atoms with E-state index in [1.165, 1.54) is 11.9 Å². The van der Waals surface area contributed by atoms with Crippen molar-refractivity contribution in [3.8, 4) is 5.75 Å². The molecular formula is C27H36ClN6O5PS. The molecule has 2 fully saturated rings. The minimum Gasteiger partial charge on any atom is -0.465 e. The number of nitrogens with one attached hydrogen (secondary N) is 2. The van der Waals surface area contributed by atoms with Gasteiger partial charge in [0.15, 0.2) is 5.82 Å². The number of hydrazine groups is 1. The number of carbonyl (C=O) groups excluding carboxylic acids is 1. The molecule has 4 atom stereocenters. The molecule has 3 unspecified atom stereocenters. The summed E-state index contributed by atoms with van der Waals surface area (Å²) in [5.74, 6) is 1.35. The van der Waals surface area contributed by atoms with Gasteiger partial charge in [0.2, 0.25) is 0 Å². The maximum atomic E-state index is 12.6. The molecule has 0 spiro atoms. The van der Waals surface area contributed by atoms with Crippen molar-refractivity contribution in [1.29, 1.82) is 0 Å². The maximum Gasteiger partial charge on any atom is 0.326 e. The summed E-state index contributed by atoms with van der Waals surface area (Å²) >= 11 is 7.56. The second-order valence-corrected chi connectivity index (χ2v) is 12.3. The Kier molecular flexibility index (Phi) is 9.91. The second kappa shape index (κ2) is 13.4. The monoisotopic (exact) mass is 622 g/mol. The molecule has 1 aromatic carbocycles. The number of rotatable bonds is 14. The number of hydrogen-bond donors (Lipinski definition) is 2. The van der Waals surface area contributed by atoms with Crippen molar-refractivity contribution in [1.82, 2.24) is 24.5 Å². The molecule has 1 saturated carbocycles. The van der Waals surface area contributed by atoms with E-state index in [0.717, 1.165) is 29.8 Å². The van der Waals surface area contributed by atoms with Crippen LogP contribution in [0.3, 0.4) is 0 Å². The third kappa shape index (κ3) is 6.91. The van der Waals surface area contributed by atoms with E-state index in [9.17, 15) is 4.79 Å². The SMILES string of the molecule is CCOC(=O)C1(NP(OCC2CC(C)[C@H](n3ccc4c(N(CC)NSC)ncnc43)O2)Oc2ccc(Cl)cc2)CC1. The highest BCUT2D eigenvalue weighted by molar-refractivity contribution is 7.96. The van der Waals surface area contributed by atoms with Gasteiger partial charge in [-0.05, 0) is 69.7 Å². The number of carbonyl (C=O) groups is 1. The topological polar surface area (TPSA) is 112 Å². The molecule has 1 aliphatic carbocycles. The molecule has 11 nitrogen and oxygen atoms in total. The van der Waals surface area contributed by atoms with Crippen LogP contribution in [0.5, 0.6) is 5.75 Å². The first-order chi connectivity index (χ1) is 19.9. The zero-order chi connectivity index (χ0) is 29.0. The number of nitrogens with zero attached hydrogens (tertiary/aromatic N) is 4. The van der Waals surface area contributed by atoms with Crippen LogP contribution < -0.4 is 19.5 Å². The van der Waals surface area contributed by atoms with Gasteiger partial charge in [-0.3, -0.25) is 9.80 Å². The van der Waals surface area contributed by atoms with E-state index in [4.69, 9.17) is 30.1 Å². The van der Waals surface area contributed by atoms with Crippen molar-refractivity contribution in [3.05, 3.63) is 47.9 Å². The van der Waals surface area contributed by atoms with E-state index in [0.29, 0.717) is 36.8 Å². The lowest BCUT2D eigenvalue weighted by Crippen LogP contribution is -2.39. The summed E-state index contributed by atoms with van der Waals surface area (Å²) in [5.41, 5.74) is 0.0364. The summed E-state index contributed by atoms with van der Waals surface area (Å²) < 4.78 is 26.3. The standard InChI is InChI=1S/C27H36ClN6O5PS/c1-5-34(32-41-4)24-22-11-14-33(23(22)29-17-30-24)25-18(3)15-21(38-25)16-37-40(39-20-9-7-19(28)8-10-20)31-27(12-13-27)26(35)36-6-2/h7-11,14,17-18,21,25,31-32H,5-6,12-13,15-16H2,1-4H3/t18?,21?,25-,40?/m1/s1. The Morgan fingerprint density at radius 1 is 1.27 bits per heavy atom. The predicted octanol–water partition coefficient (Wildman–Crippen LogP) is 5.63. The first kappa shape index (κ1) is 30.3. The molecule has 0 radical (unpaired) electrons. The molecule has 41 heavy (non-hydrogen) atoms. The lowest BCUT2D eigenvalue weighted by Gasteiger charge is -2.24. The highest BCUT2D eigenvalue weighted by Gasteiger charge is 2.54. The van der Waals surface area contributed by atoms with Crippen LogP contribution in [0.15, 0.2) is 42.9 Å². The first-order valence-corrected chi connectivity index (χ1v) is 16.5. The van der Waals surface area contributed by atoms with Crippen LogP contribution in [0.4, 0.5) is 5.82 Å². The molecule has 0 bridgehead atoms. The third-order valence-electron chi connectivity index (χ3n) is 7.09. The number of aromatic nitrogens is 3. The van der Waals surface area contributed by atoms with Crippen molar-refractivity contribution in [2.75, 3.05) is 31.0 Å². The van der Waals surface area contributed by atoms with Gasteiger partial charge in [-0.25, -0.2) is 15.1 Å². The summed E-state index contributed by atoms with van der Waals surface area (Å²) in [5, 5.41) is 6.86. The smallest absolute Gasteiger partial charge is 0.326 e. The predicted molar refractivity (Wildman–Crippen MR) is 162 cm³/mol. The molecule has 14 heteroatoms. The van der Waals surface area contributed by atoms with Crippen molar-refractivity contribution in [3.63, 3.8) is 0 Å². The van der Waals surface area contributed by atoms with Crippen LogP contribution in [0.2, 0.25) is 5.02 Å². The van der Waals surface area contributed by atoms with Crippen LogP contribution in [-0.4, -0.2) is 58.2 Å². The number of benzene rings is 1. The highest BCUT2D eigenvalue weighted by atomic mass is 35.5. The van der Waals surface area contributed by atoms with E-state index in [1.807, 2.05) is 23.5 Å². The van der Waals surface area contributed by atoms with Gasteiger partial charge in [-0.15, -0.1) is 0 Å². The number of hydrogen-bond acceptors (Lipinski definition) is 11. The normalized spacial score (nSPS) is 22.0. The molecule has 3 aromatic rings. The fraction of sp³-hybridized carbons (Fsp3) is 0.519. The van der Waals surface area contributed by atoms with Crippen molar-refractivity contribution >= 4 is 54.9 Å². The summed E-state index contributed by atoms with van der Waals surface area (Å²) in [6.45, 7) is 7.40. The van der Waals surface area contributed by atoms with Gasteiger partial charge < -0.3 is 23.1 Å². The third-order valence-corrected chi connectivity index (χ3v) is 9.12. The zero-order valence-corrected chi connectivity index (χ0v) is 26.0. The van der Waals surface area contributed by atoms with Crippen molar-refractivity contribution < 1.29 is 23.3 Å². The van der Waals surface area contributed by atoms with Gasteiger partial charge in [-0.2, -0.15) is 4.83 Å². The largest absolute Gasteiger partial charge is 0.465 e. The van der Waals surface area contributed by atoms with Gasteiger partial charge in [0.1, 0.15) is 29.5 Å². The Hall–Kier alpha value is -2.18. The van der Waals surface area contributed by atoms with Gasteiger partial charge in [-0.1, -0.05) is 30.5 Å². The Balaban J connectivity index is 1.28. The number of anilines is 1. The Morgan fingerprint density at radius 3 is 2.73 bits per heavy atom. The van der Waals surface area contributed by atoms with E-state index < -0.39 is 14.1 Å². The second-order valence-electron chi connectivity index (χ2n) is 10.1. The summed E-state index contributed by atoms with van der Waals surface area (Å²) in [6, 6.07) is 9.09. The molecule has 222 valence electrons. The molecule has 2 aromatic heterocycles. The van der Waals surface area contributed by atoms with E-state index in [-0.39, 0.29) is 24.2 Å². The number of fused-ring (bicyclic) bond motifs is 1. The lowest BCUT2D eigenvalue weighted by atomic mass is 10.1. The summed E-state index contributed by atoms with van der Waals surface area (Å²) in [6.07, 6.45) is 7.33. The van der Waals surface area contributed by atoms with Gasteiger partial charge >= 0.3 is 14.5 Å². The average molecular weight is 623 g/mol. The minimum absolute atomic E-state index is 0.169. The van der Waals surface area contributed by atoms with Crippen molar-refractivity contribution in [2.24, 2.45) is 5.92 Å². The Bertz CT molecular complexity index is 1330. The molecule has 3 heterocycles. The summed E-state index contributed by atoms with van der Waals surface area (Å²) in [4.78, 5) is 25.0. The fourth-order valence-corrected chi connectivity index (χ4v) is 6.87. The van der Waals surface area contributed by atoms with Gasteiger partial charge in [0, 0.05) is 23.7 Å². The van der Waals surface area contributed by atoms with E-state index in [2.05, 4.69) is 38.3 Å². The number of esters is 1. The van der Waals surface area contributed by atoms with Crippen molar-refractivity contribution in [2.45, 2.75) is 57.9 Å². The van der Waals surface area contributed by atoms with Gasteiger partial charge in [0.25, 0.3) is 0 Å². The molecule has 5 rings (SSSR count). The van der Waals surface area contributed by atoms with Crippen LogP contribution in [-0.2, 0) is 18.8 Å². The zero-order valence-electron chi connectivity index (χ0n) is 23.6. The fourth-order valence-electron chi connectivity index (χ4n) is 4.86.